The van der Waals surface area contributed by atoms with Crippen molar-refractivity contribution in [1.82, 2.24) is 15.2 Å². The number of hydrogen-bond acceptors (Lipinski definition) is 4. The lowest BCUT2D eigenvalue weighted by atomic mass is 10.1. The van der Waals surface area contributed by atoms with E-state index in [1.165, 1.54) is 18.5 Å². The summed E-state index contributed by atoms with van der Waals surface area (Å²) in [5, 5.41) is 9.95. The van der Waals surface area contributed by atoms with Crippen LogP contribution in [0.1, 0.15) is 17.4 Å². The maximum absolute atomic E-state index is 12.3. The molecule has 1 aromatic heterocycles. The molecule has 0 radical (unpaired) electrons. The average molecular weight is 316 g/mol. The van der Waals surface area contributed by atoms with Crippen molar-refractivity contribution in [2.24, 2.45) is 0 Å². The number of aromatic amines is 1. The van der Waals surface area contributed by atoms with Crippen LogP contribution in [-0.2, 0) is 0 Å². The van der Waals surface area contributed by atoms with E-state index < -0.39 is 6.61 Å². The Labute approximate surface area is 131 Å². The van der Waals surface area contributed by atoms with E-state index in [2.05, 4.69) is 25.2 Å². The fraction of sp³-hybridized carbons (Fsp3) is 0.125. The van der Waals surface area contributed by atoms with Crippen LogP contribution in [-0.4, -0.2) is 21.8 Å². The fourth-order valence-corrected chi connectivity index (χ4v) is 2.24. The number of alkyl halides is 2. The molecule has 1 unspecified atom stereocenters. The van der Waals surface area contributed by atoms with Crippen molar-refractivity contribution in [3.8, 4) is 5.75 Å². The molecule has 0 spiro atoms. The predicted octanol–water partition coefficient (Wildman–Crippen LogP) is 3.61. The summed E-state index contributed by atoms with van der Waals surface area (Å²) in [5.41, 5.74) is 1.60. The number of anilines is 1. The topological polar surface area (TPSA) is 62.8 Å². The molecule has 0 bridgehead atoms. The van der Waals surface area contributed by atoms with Gasteiger partial charge in [-0.2, -0.15) is 13.9 Å². The van der Waals surface area contributed by atoms with E-state index in [4.69, 9.17) is 0 Å². The monoisotopic (exact) mass is 316 g/mol. The molecule has 0 aliphatic heterocycles. The number of aromatic nitrogens is 3. The van der Waals surface area contributed by atoms with Gasteiger partial charge in [0.25, 0.3) is 0 Å². The molecule has 0 amide bonds. The number of benzene rings is 2. The van der Waals surface area contributed by atoms with Gasteiger partial charge in [0.05, 0.1) is 0 Å². The van der Waals surface area contributed by atoms with E-state index in [1.807, 2.05) is 30.3 Å². The Kier molecular flexibility index (Phi) is 4.46. The van der Waals surface area contributed by atoms with Crippen molar-refractivity contribution in [2.45, 2.75) is 12.7 Å². The van der Waals surface area contributed by atoms with Crippen LogP contribution < -0.4 is 10.1 Å². The highest BCUT2D eigenvalue weighted by molar-refractivity contribution is 5.51. The van der Waals surface area contributed by atoms with Crippen LogP contribution in [0.3, 0.4) is 0 Å². The Bertz CT molecular complexity index is 735. The number of hydrogen-bond donors (Lipinski definition) is 2. The molecule has 1 atom stereocenters. The van der Waals surface area contributed by atoms with Gasteiger partial charge in [0.1, 0.15) is 18.1 Å². The van der Waals surface area contributed by atoms with E-state index in [0.717, 1.165) is 5.56 Å². The van der Waals surface area contributed by atoms with E-state index in [-0.39, 0.29) is 11.8 Å². The van der Waals surface area contributed by atoms with Crippen molar-refractivity contribution in [1.29, 1.82) is 0 Å². The predicted molar refractivity (Wildman–Crippen MR) is 81.4 cm³/mol. The highest BCUT2D eigenvalue weighted by Crippen LogP contribution is 2.26. The minimum Gasteiger partial charge on any atom is -0.435 e. The third-order valence-electron chi connectivity index (χ3n) is 3.21. The lowest BCUT2D eigenvalue weighted by molar-refractivity contribution is -0.0498. The number of halogens is 2. The van der Waals surface area contributed by atoms with Gasteiger partial charge < -0.3 is 10.1 Å². The summed E-state index contributed by atoms with van der Waals surface area (Å²) in [6.45, 7) is -2.86. The van der Waals surface area contributed by atoms with Gasteiger partial charge in [-0.15, -0.1) is 0 Å². The van der Waals surface area contributed by atoms with E-state index >= 15 is 0 Å². The van der Waals surface area contributed by atoms with Crippen LogP contribution in [0.2, 0.25) is 0 Å². The van der Waals surface area contributed by atoms with Crippen LogP contribution >= 0.6 is 0 Å². The molecule has 0 aliphatic carbocycles. The normalized spacial score (nSPS) is 12.1. The summed E-state index contributed by atoms with van der Waals surface area (Å²) in [6, 6.07) is 15.7. The molecule has 2 N–H and O–H groups in total. The number of nitrogens with zero attached hydrogens (tertiary/aromatic N) is 2. The van der Waals surface area contributed by atoms with Crippen molar-refractivity contribution in [3.63, 3.8) is 0 Å². The molecule has 2 aromatic carbocycles. The Morgan fingerprint density at radius 1 is 1.04 bits per heavy atom. The van der Waals surface area contributed by atoms with E-state index in [0.29, 0.717) is 11.5 Å². The van der Waals surface area contributed by atoms with Gasteiger partial charge in [-0.3, -0.25) is 5.10 Å². The summed E-state index contributed by atoms with van der Waals surface area (Å²) in [4.78, 5) is 4.18. The van der Waals surface area contributed by atoms with Gasteiger partial charge in [-0.25, -0.2) is 4.98 Å². The Balaban J connectivity index is 1.87. The maximum atomic E-state index is 12.3. The van der Waals surface area contributed by atoms with Crippen LogP contribution in [0, 0.1) is 0 Å². The first-order valence-electron chi connectivity index (χ1n) is 6.94. The largest absolute Gasteiger partial charge is 0.435 e. The van der Waals surface area contributed by atoms with Gasteiger partial charge in [0, 0.05) is 11.8 Å². The third kappa shape index (κ3) is 3.82. The first-order chi connectivity index (χ1) is 11.2. The zero-order valence-corrected chi connectivity index (χ0v) is 12.0. The van der Waals surface area contributed by atoms with Crippen LogP contribution in [0.25, 0.3) is 0 Å². The second-order valence-electron chi connectivity index (χ2n) is 4.77. The SMILES string of the molecule is FC(F)Oc1cccc(NC(c2ccccc2)c2ncn[nH]2)c1. The molecule has 0 aliphatic rings. The first kappa shape index (κ1) is 15.0. The zero-order valence-electron chi connectivity index (χ0n) is 12.0. The number of nitrogens with one attached hydrogen (secondary N) is 2. The Hall–Kier alpha value is -2.96. The summed E-state index contributed by atoms with van der Waals surface area (Å²) in [5.74, 6) is 0.714. The van der Waals surface area contributed by atoms with Crippen molar-refractivity contribution in [2.75, 3.05) is 5.32 Å². The summed E-state index contributed by atoms with van der Waals surface area (Å²) < 4.78 is 29.1. The molecule has 0 saturated carbocycles. The third-order valence-corrected chi connectivity index (χ3v) is 3.21. The summed E-state index contributed by atoms with van der Waals surface area (Å²) in [7, 11) is 0. The van der Waals surface area contributed by atoms with E-state index in [9.17, 15) is 8.78 Å². The zero-order chi connectivity index (χ0) is 16.1. The van der Waals surface area contributed by atoms with Crippen molar-refractivity contribution in [3.05, 3.63) is 72.3 Å². The minimum atomic E-state index is -2.86. The van der Waals surface area contributed by atoms with E-state index in [1.54, 1.807) is 12.1 Å². The van der Waals surface area contributed by atoms with Crippen molar-refractivity contribution >= 4 is 5.69 Å². The second-order valence-corrected chi connectivity index (χ2v) is 4.77. The molecule has 3 aromatic rings. The molecule has 1 heterocycles. The maximum Gasteiger partial charge on any atom is 0.387 e. The molecular formula is C16H14F2N4O. The molecule has 0 saturated heterocycles. The fourth-order valence-electron chi connectivity index (χ4n) is 2.24. The van der Waals surface area contributed by atoms with Crippen LogP contribution in [0.15, 0.2) is 60.9 Å². The second kappa shape index (κ2) is 6.87. The molecule has 23 heavy (non-hydrogen) atoms. The quantitative estimate of drug-likeness (QED) is 0.729. The van der Waals surface area contributed by atoms with Crippen LogP contribution in [0.5, 0.6) is 5.75 Å². The molecule has 0 fully saturated rings. The highest BCUT2D eigenvalue weighted by atomic mass is 19.3. The smallest absolute Gasteiger partial charge is 0.387 e. The first-order valence-corrected chi connectivity index (χ1v) is 6.94. The standard InChI is InChI=1S/C16H14F2N4O/c17-16(18)23-13-8-4-7-12(9-13)21-14(15-19-10-20-22-15)11-5-2-1-3-6-11/h1-10,14,16,21H,(H,19,20,22). The summed E-state index contributed by atoms with van der Waals surface area (Å²) >= 11 is 0. The highest BCUT2D eigenvalue weighted by Gasteiger charge is 2.17. The number of rotatable bonds is 6. The van der Waals surface area contributed by atoms with Crippen LogP contribution in [0.4, 0.5) is 14.5 Å². The molecule has 7 heteroatoms. The molecular weight excluding hydrogens is 302 g/mol. The van der Waals surface area contributed by atoms with Gasteiger partial charge >= 0.3 is 6.61 Å². The molecule has 5 nitrogen and oxygen atoms in total. The van der Waals surface area contributed by atoms with Gasteiger partial charge in [0.2, 0.25) is 0 Å². The molecule has 118 valence electrons. The summed E-state index contributed by atoms with van der Waals surface area (Å²) in [6.07, 6.45) is 1.42. The number of H-pyrrole nitrogens is 1. The van der Waals surface area contributed by atoms with Gasteiger partial charge in [-0.1, -0.05) is 36.4 Å². The lowest BCUT2D eigenvalue weighted by Gasteiger charge is -2.18. The van der Waals surface area contributed by atoms with Gasteiger partial charge in [0.15, 0.2) is 5.82 Å². The number of ether oxygens (including phenoxy) is 1. The van der Waals surface area contributed by atoms with Gasteiger partial charge in [-0.05, 0) is 17.7 Å². The Morgan fingerprint density at radius 3 is 2.57 bits per heavy atom. The average Bonchev–Trinajstić information content (AvgIpc) is 3.07. The lowest BCUT2D eigenvalue weighted by Crippen LogP contribution is -2.14. The molecule has 3 rings (SSSR count). The van der Waals surface area contributed by atoms with Crippen molar-refractivity contribution < 1.29 is 13.5 Å². The Morgan fingerprint density at radius 2 is 1.87 bits per heavy atom. The minimum absolute atomic E-state index is 0.0920.